The van der Waals surface area contributed by atoms with Crippen LogP contribution in [0.1, 0.15) is 200 Å². The third-order valence-electron chi connectivity index (χ3n) is 8.06. The van der Waals surface area contributed by atoms with E-state index >= 15 is 0 Å². The van der Waals surface area contributed by atoms with Gasteiger partial charge in [-0.25, -0.2) is 4.98 Å². The van der Waals surface area contributed by atoms with E-state index in [1.54, 1.807) is 0 Å². The second-order valence-electron chi connectivity index (χ2n) is 11.5. The highest BCUT2D eigenvalue weighted by molar-refractivity contribution is 5.02. The number of imidazole rings is 1. The molecule has 0 N–H and O–H groups in total. The van der Waals surface area contributed by atoms with Crippen molar-refractivity contribution in [3.8, 4) is 0 Å². The van der Waals surface area contributed by atoms with Crippen LogP contribution in [0.4, 0.5) is 0 Å². The fourth-order valence-corrected chi connectivity index (χ4v) is 5.73. The number of rotatable bonds is 26. The summed E-state index contributed by atoms with van der Waals surface area (Å²) in [7, 11) is 0. The van der Waals surface area contributed by atoms with Crippen molar-refractivity contribution >= 4 is 0 Å². The van der Waals surface area contributed by atoms with Crippen molar-refractivity contribution in [1.82, 2.24) is 9.55 Å². The Labute approximate surface area is 221 Å². The van der Waals surface area contributed by atoms with Crippen LogP contribution >= 0.6 is 0 Å². The lowest BCUT2D eigenvalue weighted by Crippen LogP contribution is -2.13. The highest BCUT2D eigenvalue weighted by atomic mass is 15.1. The smallest absolute Gasteiger partial charge is 0.111 e. The second kappa shape index (κ2) is 23.6. The van der Waals surface area contributed by atoms with Crippen LogP contribution in [-0.2, 0) is 0 Å². The van der Waals surface area contributed by atoms with Crippen molar-refractivity contribution in [2.24, 2.45) is 0 Å². The summed E-state index contributed by atoms with van der Waals surface area (Å²) in [5, 5.41) is 0. The minimum atomic E-state index is 0.584. The first-order valence-corrected chi connectivity index (χ1v) is 16.3. The predicted molar refractivity (Wildman–Crippen MR) is 158 cm³/mol. The first kappa shape index (κ1) is 32.2. The Hall–Kier alpha value is -0.790. The monoisotopic (exact) mass is 489 g/mol. The molecular formula is C33H64N2. The van der Waals surface area contributed by atoms with E-state index in [2.05, 4.69) is 44.7 Å². The van der Waals surface area contributed by atoms with Crippen LogP contribution < -0.4 is 0 Å². The normalized spacial score (nSPS) is 13.4. The van der Waals surface area contributed by atoms with Gasteiger partial charge in [0.1, 0.15) is 5.82 Å². The van der Waals surface area contributed by atoms with Crippen LogP contribution in [-0.4, -0.2) is 9.55 Å². The van der Waals surface area contributed by atoms with Crippen molar-refractivity contribution in [2.75, 3.05) is 0 Å². The molecule has 0 aliphatic carbocycles. The van der Waals surface area contributed by atoms with Crippen LogP contribution in [0, 0.1) is 0 Å². The van der Waals surface area contributed by atoms with Crippen molar-refractivity contribution in [1.29, 1.82) is 0 Å². The molecule has 0 fully saturated rings. The molecule has 0 spiro atoms. The Morgan fingerprint density at radius 2 is 0.943 bits per heavy atom. The Balaban J connectivity index is 2.35. The number of unbranched alkanes of at least 4 members (excludes halogenated alkanes) is 18. The molecule has 2 nitrogen and oxygen atoms in total. The van der Waals surface area contributed by atoms with Crippen molar-refractivity contribution in [3.63, 3.8) is 0 Å². The lowest BCUT2D eigenvalue weighted by atomic mass is 9.92. The maximum Gasteiger partial charge on any atom is 0.111 e. The Kier molecular flexibility index (Phi) is 21.7. The molecule has 0 amide bonds. The zero-order valence-electron chi connectivity index (χ0n) is 24.7. The Bertz CT molecular complexity index is 549. The van der Waals surface area contributed by atoms with Gasteiger partial charge in [-0.15, -0.1) is 0 Å². The standard InChI is InChI=1S/C33H64N2/c1-5-8-10-12-14-16-17-19-21-23-25-28-32(27-24-22-20-18-15-13-11-9-6-2)33-34-29-30-35(33)31(4)26-7-3/h29-32H,5-28H2,1-4H3. The van der Waals surface area contributed by atoms with E-state index in [0.717, 1.165) is 0 Å². The van der Waals surface area contributed by atoms with Gasteiger partial charge in [0.25, 0.3) is 0 Å². The summed E-state index contributed by atoms with van der Waals surface area (Å²) in [6.07, 6.45) is 38.0. The maximum absolute atomic E-state index is 4.91. The molecule has 2 heteroatoms. The van der Waals surface area contributed by atoms with Crippen molar-refractivity contribution in [3.05, 3.63) is 18.2 Å². The molecule has 0 radical (unpaired) electrons. The van der Waals surface area contributed by atoms with E-state index in [4.69, 9.17) is 4.98 Å². The fourth-order valence-electron chi connectivity index (χ4n) is 5.73. The molecule has 1 aromatic rings. The molecule has 35 heavy (non-hydrogen) atoms. The van der Waals surface area contributed by atoms with Crippen LogP contribution in [0.25, 0.3) is 0 Å². The zero-order chi connectivity index (χ0) is 25.4. The molecule has 0 bridgehead atoms. The molecule has 2 atom stereocenters. The van der Waals surface area contributed by atoms with Gasteiger partial charge in [-0.1, -0.05) is 156 Å². The Morgan fingerprint density at radius 3 is 1.34 bits per heavy atom. The minimum absolute atomic E-state index is 0.584. The molecule has 1 heterocycles. The van der Waals surface area contributed by atoms with E-state index < -0.39 is 0 Å². The summed E-state index contributed by atoms with van der Waals surface area (Å²) < 4.78 is 2.51. The van der Waals surface area contributed by atoms with E-state index in [-0.39, 0.29) is 0 Å². The fraction of sp³-hybridized carbons (Fsp3) is 0.909. The summed E-state index contributed by atoms with van der Waals surface area (Å²) in [4.78, 5) is 4.91. The van der Waals surface area contributed by atoms with Gasteiger partial charge < -0.3 is 4.57 Å². The van der Waals surface area contributed by atoms with Gasteiger partial charge in [-0.2, -0.15) is 0 Å². The van der Waals surface area contributed by atoms with E-state index in [1.807, 2.05) is 0 Å². The van der Waals surface area contributed by atoms with Crippen molar-refractivity contribution < 1.29 is 0 Å². The average Bonchev–Trinajstić information content (AvgIpc) is 3.35. The second-order valence-corrected chi connectivity index (χ2v) is 11.5. The molecule has 0 aromatic carbocycles. The number of hydrogen-bond donors (Lipinski definition) is 0. The third kappa shape index (κ3) is 16.6. The summed E-state index contributed by atoms with van der Waals surface area (Å²) in [5.74, 6) is 2.05. The quantitative estimate of drug-likeness (QED) is 0.118. The molecule has 0 saturated carbocycles. The first-order valence-electron chi connectivity index (χ1n) is 16.3. The topological polar surface area (TPSA) is 17.8 Å². The summed E-state index contributed by atoms with van der Waals surface area (Å²) >= 11 is 0. The van der Waals surface area contributed by atoms with E-state index in [1.165, 1.54) is 160 Å². The average molecular weight is 489 g/mol. The lowest BCUT2D eigenvalue weighted by Gasteiger charge is -2.22. The summed E-state index contributed by atoms with van der Waals surface area (Å²) in [6, 6.07) is 0.584. The maximum atomic E-state index is 4.91. The SMILES string of the molecule is CCCCCCCCCCCCCC(CCCCCCCCCCC)c1nccn1C(C)CCC. The number of hydrogen-bond acceptors (Lipinski definition) is 1. The van der Waals surface area contributed by atoms with Gasteiger partial charge in [-0.05, 0) is 26.2 Å². The summed E-state index contributed by atoms with van der Waals surface area (Å²) in [6.45, 7) is 9.30. The van der Waals surface area contributed by atoms with Gasteiger partial charge in [0.2, 0.25) is 0 Å². The molecule has 0 aliphatic heterocycles. The van der Waals surface area contributed by atoms with Crippen molar-refractivity contribution in [2.45, 2.75) is 194 Å². The van der Waals surface area contributed by atoms with Crippen LogP contribution in [0.3, 0.4) is 0 Å². The highest BCUT2D eigenvalue weighted by Gasteiger charge is 2.19. The largest absolute Gasteiger partial charge is 0.332 e. The molecule has 0 saturated heterocycles. The highest BCUT2D eigenvalue weighted by Crippen LogP contribution is 2.30. The lowest BCUT2D eigenvalue weighted by molar-refractivity contribution is 0.421. The number of aromatic nitrogens is 2. The van der Waals surface area contributed by atoms with Gasteiger partial charge in [0, 0.05) is 24.4 Å². The van der Waals surface area contributed by atoms with Crippen LogP contribution in [0.15, 0.2) is 12.4 Å². The van der Waals surface area contributed by atoms with E-state index in [0.29, 0.717) is 12.0 Å². The molecule has 2 unspecified atom stereocenters. The zero-order valence-corrected chi connectivity index (χ0v) is 24.7. The molecule has 206 valence electrons. The molecule has 0 aliphatic rings. The molecule has 1 aromatic heterocycles. The first-order chi connectivity index (χ1) is 17.2. The molecular weight excluding hydrogens is 424 g/mol. The van der Waals surface area contributed by atoms with Gasteiger partial charge in [0.15, 0.2) is 0 Å². The third-order valence-corrected chi connectivity index (χ3v) is 8.06. The van der Waals surface area contributed by atoms with Crippen LogP contribution in [0.2, 0.25) is 0 Å². The number of nitrogens with zero attached hydrogens (tertiary/aromatic N) is 2. The Morgan fingerprint density at radius 1 is 0.543 bits per heavy atom. The molecule has 1 rings (SSSR count). The summed E-state index contributed by atoms with van der Waals surface area (Å²) in [5.41, 5.74) is 0. The predicted octanol–water partition coefficient (Wildman–Crippen LogP) is 11.9. The minimum Gasteiger partial charge on any atom is -0.332 e. The van der Waals surface area contributed by atoms with Gasteiger partial charge >= 0.3 is 0 Å². The van der Waals surface area contributed by atoms with E-state index in [9.17, 15) is 0 Å². The van der Waals surface area contributed by atoms with Gasteiger partial charge in [-0.3, -0.25) is 0 Å². The van der Waals surface area contributed by atoms with Gasteiger partial charge in [0.05, 0.1) is 0 Å². The van der Waals surface area contributed by atoms with Crippen LogP contribution in [0.5, 0.6) is 0 Å².